The topological polar surface area (TPSA) is 55.8 Å². The Bertz CT molecular complexity index is 267. The zero-order valence-electron chi connectivity index (χ0n) is 11.1. The van der Waals surface area contributed by atoms with Gasteiger partial charge in [0.15, 0.2) is 0 Å². The lowest BCUT2D eigenvalue weighted by atomic mass is 9.98. The minimum absolute atomic E-state index is 0.183. The number of rotatable bonds is 3. The molecule has 18 heavy (non-hydrogen) atoms. The predicted molar refractivity (Wildman–Crippen MR) is 70.3 cm³/mol. The molecule has 2 heterocycles. The number of carbonyl (C=O) groups excluding carboxylic acids is 1. The van der Waals surface area contributed by atoms with E-state index in [1.807, 2.05) is 4.90 Å². The summed E-state index contributed by atoms with van der Waals surface area (Å²) in [5, 5.41) is 12.3. The van der Waals surface area contributed by atoms with Crippen molar-refractivity contribution in [2.75, 3.05) is 52.4 Å². The second kappa shape index (κ2) is 7.07. The van der Waals surface area contributed by atoms with Crippen molar-refractivity contribution in [1.29, 1.82) is 0 Å². The van der Waals surface area contributed by atoms with E-state index in [4.69, 9.17) is 5.11 Å². The Hall–Kier alpha value is -0.650. The molecule has 2 saturated heterocycles. The molecule has 5 heteroatoms. The van der Waals surface area contributed by atoms with Gasteiger partial charge in [0.25, 0.3) is 0 Å². The molecule has 2 fully saturated rings. The van der Waals surface area contributed by atoms with Gasteiger partial charge in [0.05, 0.1) is 12.5 Å². The first kappa shape index (κ1) is 13.8. The summed E-state index contributed by atoms with van der Waals surface area (Å²) in [7, 11) is 0. The highest BCUT2D eigenvalue weighted by atomic mass is 16.3. The zero-order chi connectivity index (χ0) is 12.8. The molecule has 0 aliphatic carbocycles. The van der Waals surface area contributed by atoms with Crippen LogP contribution >= 0.6 is 0 Å². The Labute approximate surface area is 109 Å². The number of aliphatic hydroxyl groups excluding tert-OH is 1. The molecule has 0 radical (unpaired) electrons. The largest absolute Gasteiger partial charge is 0.395 e. The van der Waals surface area contributed by atoms with Gasteiger partial charge in [-0.15, -0.1) is 0 Å². The lowest BCUT2D eigenvalue weighted by Crippen LogP contribution is -2.44. The van der Waals surface area contributed by atoms with Crippen LogP contribution in [-0.4, -0.2) is 73.2 Å². The third-order valence-corrected chi connectivity index (χ3v) is 3.96. The molecule has 0 bridgehead atoms. The highest BCUT2D eigenvalue weighted by Gasteiger charge is 2.27. The van der Waals surface area contributed by atoms with Gasteiger partial charge in [0, 0.05) is 32.7 Å². The van der Waals surface area contributed by atoms with E-state index in [2.05, 4.69) is 10.2 Å². The van der Waals surface area contributed by atoms with Crippen LogP contribution < -0.4 is 5.32 Å². The van der Waals surface area contributed by atoms with E-state index in [1.165, 1.54) is 0 Å². The highest BCUT2D eigenvalue weighted by molar-refractivity contribution is 5.79. The van der Waals surface area contributed by atoms with Crippen LogP contribution in [0.3, 0.4) is 0 Å². The quantitative estimate of drug-likeness (QED) is 0.715. The van der Waals surface area contributed by atoms with E-state index in [-0.39, 0.29) is 12.5 Å². The molecule has 2 N–H and O–H groups in total. The summed E-state index contributed by atoms with van der Waals surface area (Å²) in [5.74, 6) is 0.510. The molecular weight excluding hydrogens is 230 g/mol. The predicted octanol–water partition coefficient (Wildman–Crippen LogP) is -0.487. The minimum atomic E-state index is 0.183. The van der Waals surface area contributed by atoms with Crippen molar-refractivity contribution < 1.29 is 9.90 Å². The Balaban J connectivity index is 1.82. The Morgan fingerprint density at radius 3 is 2.83 bits per heavy atom. The molecular formula is C13H25N3O2. The standard InChI is InChI=1S/C13H25N3O2/c17-10-9-15-5-2-6-16(8-7-15)13(18)12-3-1-4-14-11-12/h12,14,17H,1-11H2/t12-/m0/s1. The van der Waals surface area contributed by atoms with Crippen LogP contribution in [0, 0.1) is 5.92 Å². The van der Waals surface area contributed by atoms with Gasteiger partial charge in [-0.1, -0.05) is 0 Å². The van der Waals surface area contributed by atoms with Crippen molar-refractivity contribution in [3.05, 3.63) is 0 Å². The second-order valence-electron chi connectivity index (χ2n) is 5.29. The third-order valence-electron chi connectivity index (χ3n) is 3.96. The number of nitrogens with one attached hydrogen (secondary N) is 1. The van der Waals surface area contributed by atoms with Crippen LogP contribution in [0.4, 0.5) is 0 Å². The molecule has 5 nitrogen and oxygen atoms in total. The first-order valence-corrected chi connectivity index (χ1v) is 7.14. The highest BCUT2D eigenvalue weighted by Crippen LogP contribution is 2.15. The molecule has 0 aromatic heterocycles. The summed E-state index contributed by atoms with van der Waals surface area (Å²) in [5.41, 5.74) is 0. The average Bonchev–Trinajstić information content (AvgIpc) is 2.65. The van der Waals surface area contributed by atoms with Gasteiger partial charge < -0.3 is 15.3 Å². The smallest absolute Gasteiger partial charge is 0.227 e. The van der Waals surface area contributed by atoms with E-state index >= 15 is 0 Å². The average molecular weight is 255 g/mol. The van der Waals surface area contributed by atoms with E-state index in [0.717, 1.165) is 65.1 Å². The zero-order valence-corrected chi connectivity index (χ0v) is 11.1. The van der Waals surface area contributed by atoms with Crippen molar-refractivity contribution in [1.82, 2.24) is 15.1 Å². The number of β-amino-alcohol motifs (C(OH)–C–C–N with tert-alkyl or cyclic N) is 1. The fourth-order valence-electron chi connectivity index (χ4n) is 2.88. The molecule has 2 aliphatic heterocycles. The summed E-state index contributed by atoms with van der Waals surface area (Å²) >= 11 is 0. The summed E-state index contributed by atoms with van der Waals surface area (Å²) < 4.78 is 0. The van der Waals surface area contributed by atoms with Gasteiger partial charge in [0.2, 0.25) is 5.91 Å². The van der Waals surface area contributed by atoms with E-state index in [1.54, 1.807) is 0 Å². The maximum absolute atomic E-state index is 12.4. The van der Waals surface area contributed by atoms with Crippen molar-refractivity contribution in [3.8, 4) is 0 Å². The number of aliphatic hydroxyl groups is 1. The first-order valence-electron chi connectivity index (χ1n) is 7.14. The maximum atomic E-state index is 12.4. The molecule has 0 saturated carbocycles. The molecule has 104 valence electrons. The van der Waals surface area contributed by atoms with Crippen molar-refractivity contribution in [2.45, 2.75) is 19.3 Å². The number of hydrogen-bond donors (Lipinski definition) is 2. The number of hydrogen-bond acceptors (Lipinski definition) is 4. The summed E-state index contributed by atoms with van der Waals surface area (Å²) in [6.07, 6.45) is 3.16. The third kappa shape index (κ3) is 3.67. The fraction of sp³-hybridized carbons (Fsp3) is 0.923. The van der Waals surface area contributed by atoms with Crippen LogP contribution in [0.5, 0.6) is 0 Å². The first-order chi connectivity index (χ1) is 8.81. The monoisotopic (exact) mass is 255 g/mol. The van der Waals surface area contributed by atoms with Crippen LogP contribution in [-0.2, 0) is 4.79 Å². The molecule has 2 aliphatic rings. The van der Waals surface area contributed by atoms with Crippen LogP contribution in [0.15, 0.2) is 0 Å². The molecule has 0 aromatic rings. The van der Waals surface area contributed by atoms with E-state index in [0.29, 0.717) is 5.91 Å². The number of carbonyl (C=O) groups is 1. The maximum Gasteiger partial charge on any atom is 0.227 e. The SMILES string of the molecule is O=C([C@H]1CCCNC1)N1CCCN(CCO)CC1. The molecule has 1 atom stereocenters. The number of amides is 1. The van der Waals surface area contributed by atoms with Crippen molar-refractivity contribution in [2.24, 2.45) is 5.92 Å². The normalized spacial score (nSPS) is 26.9. The Morgan fingerprint density at radius 1 is 1.22 bits per heavy atom. The minimum Gasteiger partial charge on any atom is -0.395 e. The summed E-state index contributed by atoms with van der Waals surface area (Å²) in [4.78, 5) is 16.7. The Morgan fingerprint density at radius 2 is 2.11 bits per heavy atom. The van der Waals surface area contributed by atoms with E-state index in [9.17, 15) is 4.79 Å². The molecule has 1 amide bonds. The number of nitrogens with zero attached hydrogens (tertiary/aromatic N) is 2. The van der Waals surface area contributed by atoms with Gasteiger partial charge in [-0.3, -0.25) is 9.69 Å². The number of piperidine rings is 1. The van der Waals surface area contributed by atoms with Gasteiger partial charge in [-0.25, -0.2) is 0 Å². The van der Waals surface area contributed by atoms with Gasteiger partial charge in [0.1, 0.15) is 0 Å². The van der Waals surface area contributed by atoms with Gasteiger partial charge >= 0.3 is 0 Å². The van der Waals surface area contributed by atoms with Gasteiger partial charge in [-0.2, -0.15) is 0 Å². The fourth-order valence-corrected chi connectivity index (χ4v) is 2.88. The van der Waals surface area contributed by atoms with Crippen molar-refractivity contribution >= 4 is 5.91 Å². The molecule has 0 spiro atoms. The van der Waals surface area contributed by atoms with Crippen LogP contribution in [0.2, 0.25) is 0 Å². The summed E-state index contributed by atoms with van der Waals surface area (Å²) in [6, 6.07) is 0. The van der Waals surface area contributed by atoms with E-state index < -0.39 is 0 Å². The summed E-state index contributed by atoms with van der Waals surface area (Å²) in [6.45, 7) is 6.41. The molecule has 0 aromatic carbocycles. The lowest BCUT2D eigenvalue weighted by Gasteiger charge is -2.29. The van der Waals surface area contributed by atoms with Crippen LogP contribution in [0.1, 0.15) is 19.3 Å². The lowest BCUT2D eigenvalue weighted by molar-refractivity contribution is -0.135. The van der Waals surface area contributed by atoms with Crippen molar-refractivity contribution in [3.63, 3.8) is 0 Å². The van der Waals surface area contributed by atoms with Gasteiger partial charge in [-0.05, 0) is 32.4 Å². The molecule has 0 unspecified atom stereocenters. The second-order valence-corrected chi connectivity index (χ2v) is 5.29. The Kier molecular flexibility index (Phi) is 5.41. The van der Waals surface area contributed by atoms with Crippen LogP contribution in [0.25, 0.3) is 0 Å². The molecule has 2 rings (SSSR count).